The molecule has 0 saturated heterocycles. The van der Waals surface area contributed by atoms with Crippen LogP contribution in [0, 0.1) is 0 Å². The molecule has 194 valence electrons. The fraction of sp³-hybridized carbons (Fsp3) is 0.138. The molecule has 9 heteroatoms. The molecule has 0 aliphatic carbocycles. The Kier molecular flexibility index (Phi) is 9.42. The smallest absolute Gasteiger partial charge is 0.219 e. The van der Waals surface area contributed by atoms with Gasteiger partial charge in [0, 0.05) is 45.0 Å². The molecule has 38 heavy (non-hydrogen) atoms. The Morgan fingerprint density at radius 2 is 1.63 bits per heavy atom. The Bertz CT molecular complexity index is 1350. The van der Waals surface area contributed by atoms with Gasteiger partial charge in [0.15, 0.2) is 0 Å². The summed E-state index contributed by atoms with van der Waals surface area (Å²) in [5, 5.41) is 13.3. The lowest BCUT2D eigenvalue weighted by Gasteiger charge is -2.30. The molecule has 1 unspecified atom stereocenters. The predicted octanol–water partition coefficient (Wildman–Crippen LogP) is 6.67. The first kappa shape index (κ1) is 27.7. The van der Waals surface area contributed by atoms with Gasteiger partial charge < -0.3 is 9.84 Å². The van der Waals surface area contributed by atoms with E-state index < -0.39 is 5.60 Å². The highest BCUT2D eigenvalue weighted by Gasteiger charge is 2.36. The summed E-state index contributed by atoms with van der Waals surface area (Å²) >= 11 is 13.9. The van der Waals surface area contributed by atoms with E-state index >= 15 is 0 Å². The first-order valence-electron chi connectivity index (χ1n) is 11.7. The third-order valence-corrected chi connectivity index (χ3v) is 7.47. The third-order valence-electron chi connectivity index (χ3n) is 5.79. The first-order chi connectivity index (χ1) is 18.4. The van der Waals surface area contributed by atoms with Crippen molar-refractivity contribution in [1.82, 2.24) is 9.97 Å². The molecule has 1 aliphatic rings. The number of carbonyl (C=O) groups is 1. The topological polar surface area (TPSA) is 75.6 Å². The predicted molar refractivity (Wildman–Crippen MR) is 153 cm³/mol. The lowest BCUT2D eigenvalue weighted by Crippen LogP contribution is -2.29. The molecule has 0 radical (unpaired) electrons. The molecule has 3 aromatic carbocycles. The molecule has 1 atom stereocenters. The molecule has 5 rings (SSSR count). The highest BCUT2D eigenvalue weighted by Crippen LogP contribution is 2.40. The van der Waals surface area contributed by atoms with Crippen LogP contribution in [0.15, 0.2) is 108 Å². The van der Waals surface area contributed by atoms with Crippen LogP contribution in [-0.4, -0.2) is 33.8 Å². The fourth-order valence-electron chi connectivity index (χ4n) is 3.98. The van der Waals surface area contributed by atoms with Crippen LogP contribution in [0.5, 0.6) is 0 Å². The van der Waals surface area contributed by atoms with Gasteiger partial charge in [-0.15, -0.1) is 11.8 Å². The fourth-order valence-corrected chi connectivity index (χ4v) is 5.43. The molecule has 1 N–H and O–H groups in total. The number of hydrogen-bond donors (Lipinski definition) is 1. The van der Waals surface area contributed by atoms with Gasteiger partial charge in [0.05, 0.1) is 6.61 Å². The van der Waals surface area contributed by atoms with Crippen LogP contribution in [0.2, 0.25) is 10.0 Å². The summed E-state index contributed by atoms with van der Waals surface area (Å²) in [5.41, 5.74) is 1.15. The summed E-state index contributed by atoms with van der Waals surface area (Å²) in [6, 6.07) is 23.8. The van der Waals surface area contributed by atoms with Crippen molar-refractivity contribution in [2.45, 2.75) is 12.5 Å². The van der Waals surface area contributed by atoms with Crippen molar-refractivity contribution in [3.05, 3.63) is 135 Å². The quantitative estimate of drug-likeness (QED) is 0.263. The number of rotatable bonds is 6. The summed E-state index contributed by atoms with van der Waals surface area (Å²) in [4.78, 5) is 20.8. The van der Waals surface area contributed by atoms with Crippen molar-refractivity contribution < 1.29 is 14.6 Å². The van der Waals surface area contributed by atoms with E-state index in [0.717, 1.165) is 28.6 Å². The number of hydrogen-bond acceptors (Lipinski definition) is 6. The van der Waals surface area contributed by atoms with E-state index in [-0.39, 0.29) is 0 Å². The zero-order chi connectivity index (χ0) is 27.0. The van der Waals surface area contributed by atoms with Gasteiger partial charge in [-0.25, -0.2) is 9.97 Å². The number of anilines is 1. The normalized spacial score (nSPS) is 14.4. The molecule has 0 spiro atoms. The Balaban J connectivity index is 0.000000186. The van der Waals surface area contributed by atoms with Crippen molar-refractivity contribution in [3.63, 3.8) is 0 Å². The van der Waals surface area contributed by atoms with E-state index in [1.807, 2.05) is 67.6 Å². The third kappa shape index (κ3) is 6.19. The zero-order valence-corrected chi connectivity index (χ0v) is 22.8. The number of halogens is 2. The van der Waals surface area contributed by atoms with Crippen LogP contribution in [0.4, 0.5) is 5.69 Å². The number of carbonyl (C=O) groups excluding carboxylic acids is 1. The Morgan fingerprint density at radius 3 is 2.24 bits per heavy atom. The number of amides is 1. The summed E-state index contributed by atoms with van der Waals surface area (Å²) in [6.07, 6.45) is 5.39. The zero-order valence-electron chi connectivity index (χ0n) is 20.5. The average Bonchev–Trinajstić information content (AvgIpc) is 2.96. The van der Waals surface area contributed by atoms with E-state index in [0.29, 0.717) is 33.3 Å². The Morgan fingerprint density at radius 1 is 0.974 bits per heavy atom. The van der Waals surface area contributed by atoms with E-state index in [1.165, 1.54) is 6.33 Å². The highest BCUT2D eigenvalue weighted by molar-refractivity contribution is 8.03. The molecule has 1 aliphatic heterocycles. The molecule has 1 amide bonds. The van der Waals surface area contributed by atoms with Crippen molar-refractivity contribution in [2.24, 2.45) is 0 Å². The number of aliphatic hydroxyl groups is 1. The minimum absolute atomic E-state index is 0.378. The summed E-state index contributed by atoms with van der Waals surface area (Å²) in [5.74, 6) is 1.69. The lowest BCUT2D eigenvalue weighted by molar-refractivity contribution is -0.107. The van der Waals surface area contributed by atoms with E-state index in [2.05, 4.69) is 9.97 Å². The largest absolute Gasteiger partial charge is 0.495 e. The SMILES string of the molecule is CC1=C(N(C=O)c2ccccc2)SCCO1.OC(c1ccccc1)(c1cncnc1)c1ccc(Cl)cc1Cl. The summed E-state index contributed by atoms with van der Waals surface area (Å²) < 4.78 is 5.45. The van der Waals surface area contributed by atoms with E-state index in [1.54, 1.807) is 47.3 Å². The van der Waals surface area contributed by atoms with Crippen molar-refractivity contribution in [3.8, 4) is 0 Å². The van der Waals surface area contributed by atoms with Gasteiger partial charge in [0.2, 0.25) is 6.41 Å². The monoisotopic (exact) mass is 565 g/mol. The van der Waals surface area contributed by atoms with Gasteiger partial charge in [0.1, 0.15) is 22.7 Å². The Labute approximate surface area is 235 Å². The number of benzene rings is 3. The molecule has 4 aromatic rings. The van der Waals surface area contributed by atoms with Crippen LogP contribution in [0.25, 0.3) is 0 Å². The van der Waals surface area contributed by atoms with Crippen LogP contribution in [0.1, 0.15) is 23.6 Å². The summed E-state index contributed by atoms with van der Waals surface area (Å²) in [7, 11) is 0. The maximum atomic E-state index is 11.5. The molecule has 2 heterocycles. The standard InChI is InChI=1S/C17H12Cl2N2O.C12H13NO2S/c18-14-6-7-15(16(19)8-14)17(22,12-4-2-1-3-5-12)13-9-20-11-21-10-13;1-10-12(16-8-7-15-10)13(9-14)11-5-3-2-4-6-11/h1-11,22H;2-6,9H,7-8H2,1H3. The second-order valence-corrected chi connectivity index (χ2v) is 10.1. The number of aromatic nitrogens is 2. The van der Waals surface area contributed by atoms with E-state index in [4.69, 9.17) is 27.9 Å². The average molecular weight is 567 g/mol. The van der Waals surface area contributed by atoms with Gasteiger partial charge >= 0.3 is 0 Å². The maximum Gasteiger partial charge on any atom is 0.219 e. The molecule has 6 nitrogen and oxygen atoms in total. The van der Waals surface area contributed by atoms with Gasteiger partial charge in [-0.05, 0) is 36.8 Å². The molecular formula is C29H25Cl2N3O3S. The second kappa shape index (κ2) is 12.9. The first-order valence-corrected chi connectivity index (χ1v) is 13.4. The highest BCUT2D eigenvalue weighted by atomic mass is 35.5. The molecule has 0 fully saturated rings. The number of allylic oxidation sites excluding steroid dienone is 1. The van der Waals surface area contributed by atoms with E-state index in [9.17, 15) is 9.90 Å². The molecule has 0 bridgehead atoms. The van der Waals surface area contributed by atoms with Crippen molar-refractivity contribution in [1.29, 1.82) is 0 Å². The van der Waals surface area contributed by atoms with Crippen LogP contribution >= 0.6 is 35.0 Å². The van der Waals surface area contributed by atoms with Gasteiger partial charge in [-0.3, -0.25) is 9.69 Å². The molecule has 1 aromatic heterocycles. The van der Waals surface area contributed by atoms with Gasteiger partial charge in [0.25, 0.3) is 0 Å². The number of thioether (sulfide) groups is 1. The van der Waals surface area contributed by atoms with Gasteiger partial charge in [-0.2, -0.15) is 0 Å². The van der Waals surface area contributed by atoms with Crippen LogP contribution in [-0.2, 0) is 15.1 Å². The number of ether oxygens (including phenoxy) is 1. The van der Waals surface area contributed by atoms with Crippen LogP contribution < -0.4 is 4.90 Å². The minimum Gasteiger partial charge on any atom is -0.495 e. The molecular weight excluding hydrogens is 541 g/mol. The molecule has 0 saturated carbocycles. The van der Waals surface area contributed by atoms with Crippen LogP contribution in [0.3, 0.4) is 0 Å². The van der Waals surface area contributed by atoms with Crippen molar-refractivity contribution in [2.75, 3.05) is 17.3 Å². The van der Waals surface area contributed by atoms with Crippen molar-refractivity contribution >= 4 is 47.1 Å². The maximum absolute atomic E-state index is 11.5. The number of para-hydroxylation sites is 1. The van der Waals surface area contributed by atoms with Gasteiger partial charge in [-0.1, -0.05) is 77.8 Å². The Hall–Kier alpha value is -3.36. The number of nitrogens with zero attached hydrogens (tertiary/aromatic N) is 3. The second-order valence-electron chi connectivity index (χ2n) is 8.20. The summed E-state index contributed by atoms with van der Waals surface area (Å²) in [6.45, 7) is 2.60. The lowest BCUT2D eigenvalue weighted by atomic mass is 9.81. The minimum atomic E-state index is -1.45.